The number of carbonyl (C=O) groups excluding carboxylic acids is 1. The summed E-state index contributed by atoms with van der Waals surface area (Å²) in [6.45, 7) is 0.865. The summed E-state index contributed by atoms with van der Waals surface area (Å²) >= 11 is 0. The van der Waals surface area contributed by atoms with E-state index in [0.29, 0.717) is 19.6 Å². The second-order valence-corrected chi connectivity index (χ2v) is 7.32. The van der Waals surface area contributed by atoms with E-state index < -0.39 is 6.09 Å². The number of nitrogens with one attached hydrogen (secondary N) is 1. The van der Waals surface area contributed by atoms with Gasteiger partial charge < -0.3 is 15.2 Å². The van der Waals surface area contributed by atoms with E-state index in [2.05, 4.69) is 29.6 Å². The molecule has 30 heavy (non-hydrogen) atoms. The first-order valence-corrected chi connectivity index (χ1v) is 10.2. The largest absolute Gasteiger partial charge is 0.449 e. The first-order chi connectivity index (χ1) is 14.8. The molecule has 0 heterocycles. The number of amides is 1. The van der Waals surface area contributed by atoms with Crippen LogP contribution < -0.4 is 5.32 Å². The molecule has 0 saturated carbocycles. The molecule has 0 saturated heterocycles. The molecule has 0 bridgehead atoms. The Morgan fingerprint density at radius 2 is 1.57 bits per heavy atom. The SMILES string of the molecule is O=C(NCC=Cc1ccc(CCO)cc1)OCC1c2ccccc2-c2ccccc21. The van der Waals surface area contributed by atoms with Crippen molar-refractivity contribution in [1.29, 1.82) is 0 Å². The second kappa shape index (κ2) is 9.42. The lowest BCUT2D eigenvalue weighted by atomic mass is 9.98. The van der Waals surface area contributed by atoms with Gasteiger partial charge in [0, 0.05) is 19.1 Å². The lowest BCUT2D eigenvalue weighted by Crippen LogP contribution is -2.26. The molecule has 4 heteroatoms. The van der Waals surface area contributed by atoms with Crippen LogP contribution in [0, 0.1) is 0 Å². The van der Waals surface area contributed by atoms with Gasteiger partial charge in [-0.05, 0) is 39.8 Å². The van der Waals surface area contributed by atoms with Crippen LogP contribution >= 0.6 is 0 Å². The molecule has 1 amide bonds. The van der Waals surface area contributed by atoms with Crippen LogP contribution in [0.4, 0.5) is 4.79 Å². The lowest BCUT2D eigenvalue weighted by molar-refractivity contribution is 0.144. The highest BCUT2D eigenvalue weighted by Gasteiger charge is 2.28. The standard InChI is InChI=1S/C26H25NO3/c28-17-15-20-13-11-19(12-14-20)6-5-16-27-26(29)30-18-25-23-9-3-1-7-21(23)22-8-2-4-10-24(22)25/h1-14,25,28H,15-18H2,(H,27,29). The highest BCUT2D eigenvalue weighted by atomic mass is 16.5. The third-order valence-corrected chi connectivity index (χ3v) is 5.40. The van der Waals surface area contributed by atoms with Crippen molar-refractivity contribution in [1.82, 2.24) is 5.32 Å². The number of rotatable bonds is 7. The molecule has 4 nitrogen and oxygen atoms in total. The van der Waals surface area contributed by atoms with Gasteiger partial charge in [-0.15, -0.1) is 0 Å². The van der Waals surface area contributed by atoms with Crippen LogP contribution in [-0.4, -0.2) is 31.0 Å². The summed E-state index contributed by atoms with van der Waals surface area (Å²) in [5.41, 5.74) is 7.00. The summed E-state index contributed by atoms with van der Waals surface area (Å²) < 4.78 is 5.53. The normalized spacial score (nSPS) is 12.6. The van der Waals surface area contributed by atoms with Crippen LogP contribution in [0.5, 0.6) is 0 Å². The minimum atomic E-state index is -0.417. The van der Waals surface area contributed by atoms with Crippen molar-refractivity contribution in [3.63, 3.8) is 0 Å². The Hall–Kier alpha value is -3.37. The Bertz CT molecular complexity index is 995. The predicted molar refractivity (Wildman–Crippen MR) is 119 cm³/mol. The Morgan fingerprint density at radius 1 is 0.933 bits per heavy atom. The van der Waals surface area contributed by atoms with Crippen LogP contribution in [0.3, 0.4) is 0 Å². The van der Waals surface area contributed by atoms with Crippen molar-refractivity contribution >= 4 is 12.2 Å². The minimum Gasteiger partial charge on any atom is -0.449 e. The zero-order chi connectivity index (χ0) is 20.8. The van der Waals surface area contributed by atoms with E-state index in [-0.39, 0.29) is 12.5 Å². The summed E-state index contributed by atoms with van der Waals surface area (Å²) in [4.78, 5) is 12.2. The molecule has 0 radical (unpaired) electrons. The van der Waals surface area contributed by atoms with E-state index in [1.165, 1.54) is 22.3 Å². The summed E-state index contributed by atoms with van der Waals surface area (Å²) in [5, 5.41) is 11.7. The molecule has 0 aromatic heterocycles. The molecule has 0 atom stereocenters. The summed E-state index contributed by atoms with van der Waals surface area (Å²) in [6, 6.07) is 24.6. The van der Waals surface area contributed by atoms with Crippen LogP contribution in [0.15, 0.2) is 78.9 Å². The van der Waals surface area contributed by atoms with E-state index in [0.717, 1.165) is 11.1 Å². The van der Waals surface area contributed by atoms with E-state index >= 15 is 0 Å². The van der Waals surface area contributed by atoms with Gasteiger partial charge in [-0.25, -0.2) is 4.79 Å². The maximum Gasteiger partial charge on any atom is 0.407 e. The first kappa shape index (κ1) is 19.9. The minimum absolute atomic E-state index is 0.0659. The molecule has 3 aromatic carbocycles. The number of carbonyl (C=O) groups is 1. The average molecular weight is 399 g/mol. The number of ether oxygens (including phenoxy) is 1. The van der Waals surface area contributed by atoms with Crippen molar-refractivity contribution in [3.05, 3.63) is 101 Å². The number of fused-ring (bicyclic) bond motifs is 3. The van der Waals surface area contributed by atoms with E-state index in [9.17, 15) is 4.79 Å². The number of alkyl carbamates (subject to hydrolysis) is 1. The molecular formula is C26H25NO3. The molecule has 1 aliphatic carbocycles. The Balaban J connectivity index is 1.29. The van der Waals surface area contributed by atoms with Gasteiger partial charge in [-0.3, -0.25) is 0 Å². The van der Waals surface area contributed by atoms with E-state index in [4.69, 9.17) is 9.84 Å². The van der Waals surface area contributed by atoms with Gasteiger partial charge in [0.2, 0.25) is 0 Å². The predicted octanol–water partition coefficient (Wildman–Crippen LogP) is 4.77. The lowest BCUT2D eigenvalue weighted by Gasteiger charge is -2.14. The number of aliphatic hydroxyl groups excluding tert-OH is 1. The zero-order valence-corrected chi connectivity index (χ0v) is 16.8. The molecule has 0 spiro atoms. The van der Waals surface area contributed by atoms with E-state index in [1.807, 2.05) is 60.7 Å². The van der Waals surface area contributed by atoms with Crippen molar-refractivity contribution in [2.45, 2.75) is 12.3 Å². The van der Waals surface area contributed by atoms with Crippen LogP contribution in [-0.2, 0) is 11.2 Å². The maximum absolute atomic E-state index is 12.2. The average Bonchev–Trinajstić information content (AvgIpc) is 3.10. The molecule has 0 fully saturated rings. The second-order valence-electron chi connectivity index (χ2n) is 7.32. The number of aliphatic hydroxyl groups is 1. The zero-order valence-electron chi connectivity index (χ0n) is 16.8. The molecular weight excluding hydrogens is 374 g/mol. The quantitative estimate of drug-likeness (QED) is 0.601. The fraction of sp³-hybridized carbons (Fsp3) is 0.192. The summed E-state index contributed by atoms with van der Waals surface area (Å²) in [6.07, 6.45) is 4.09. The third kappa shape index (κ3) is 4.44. The number of hydrogen-bond acceptors (Lipinski definition) is 3. The van der Waals surface area contributed by atoms with Crippen LogP contribution in [0.1, 0.15) is 28.2 Å². The molecule has 4 rings (SSSR count). The van der Waals surface area contributed by atoms with Crippen molar-refractivity contribution in [3.8, 4) is 11.1 Å². The fourth-order valence-electron chi connectivity index (χ4n) is 3.91. The van der Waals surface area contributed by atoms with Crippen LogP contribution in [0.2, 0.25) is 0 Å². The topological polar surface area (TPSA) is 58.6 Å². The maximum atomic E-state index is 12.2. The third-order valence-electron chi connectivity index (χ3n) is 5.40. The van der Waals surface area contributed by atoms with Gasteiger partial charge >= 0.3 is 6.09 Å². The van der Waals surface area contributed by atoms with Crippen molar-refractivity contribution in [2.75, 3.05) is 19.8 Å². The Labute approximate surface area is 176 Å². The fourth-order valence-corrected chi connectivity index (χ4v) is 3.91. The summed E-state index contributed by atoms with van der Waals surface area (Å²) in [7, 11) is 0. The van der Waals surface area contributed by atoms with Gasteiger partial charge in [0.25, 0.3) is 0 Å². The monoisotopic (exact) mass is 399 g/mol. The van der Waals surface area contributed by atoms with Crippen molar-refractivity contribution in [2.24, 2.45) is 0 Å². The Kier molecular flexibility index (Phi) is 6.26. The molecule has 0 aliphatic heterocycles. The van der Waals surface area contributed by atoms with Crippen LogP contribution in [0.25, 0.3) is 17.2 Å². The van der Waals surface area contributed by atoms with Gasteiger partial charge in [0.1, 0.15) is 6.61 Å². The Morgan fingerprint density at radius 3 is 2.20 bits per heavy atom. The molecule has 152 valence electrons. The van der Waals surface area contributed by atoms with Gasteiger partial charge in [-0.1, -0.05) is 84.9 Å². The highest BCUT2D eigenvalue weighted by Crippen LogP contribution is 2.44. The van der Waals surface area contributed by atoms with Gasteiger partial charge in [0.05, 0.1) is 0 Å². The van der Waals surface area contributed by atoms with Crippen molar-refractivity contribution < 1.29 is 14.6 Å². The molecule has 2 N–H and O–H groups in total. The molecule has 1 aliphatic rings. The summed E-state index contributed by atoms with van der Waals surface area (Å²) in [5.74, 6) is 0.0659. The van der Waals surface area contributed by atoms with Gasteiger partial charge in [-0.2, -0.15) is 0 Å². The molecule has 3 aromatic rings. The highest BCUT2D eigenvalue weighted by molar-refractivity contribution is 5.79. The van der Waals surface area contributed by atoms with E-state index in [1.54, 1.807) is 0 Å². The smallest absolute Gasteiger partial charge is 0.407 e. The number of benzene rings is 3. The first-order valence-electron chi connectivity index (χ1n) is 10.2. The molecule has 0 unspecified atom stereocenters. The number of hydrogen-bond donors (Lipinski definition) is 2. The van der Waals surface area contributed by atoms with Gasteiger partial charge in [0.15, 0.2) is 0 Å².